The number of rotatable bonds is 4. The van der Waals surface area contributed by atoms with E-state index in [2.05, 4.69) is 10.3 Å². The van der Waals surface area contributed by atoms with Crippen LogP contribution in [0.4, 0.5) is 8.78 Å². The van der Waals surface area contributed by atoms with Crippen LogP contribution in [0.1, 0.15) is 15.9 Å². The summed E-state index contributed by atoms with van der Waals surface area (Å²) in [5, 5.41) is 14.5. The largest absolute Gasteiger partial charge is 0.348 e. The van der Waals surface area contributed by atoms with Crippen LogP contribution in [-0.2, 0) is 0 Å². The van der Waals surface area contributed by atoms with Crippen LogP contribution in [0.15, 0.2) is 57.6 Å². The molecule has 4 nitrogen and oxygen atoms in total. The van der Waals surface area contributed by atoms with Gasteiger partial charge in [-0.15, -0.1) is 11.8 Å². The Hall–Kier alpha value is -2.63. The molecule has 0 spiro atoms. The van der Waals surface area contributed by atoms with E-state index in [0.29, 0.717) is 10.6 Å². The topological polar surface area (TPSA) is 65.8 Å². The van der Waals surface area contributed by atoms with Gasteiger partial charge in [0, 0.05) is 11.6 Å². The number of Topliss-reactive ketones (excluding diaryl/α,β-unsaturated/α-hetero) is 1. The molecule has 0 fully saturated rings. The number of hydrogen-bond donors (Lipinski definition) is 1. The lowest BCUT2D eigenvalue weighted by Crippen LogP contribution is -2.14. The number of nitrogens with one attached hydrogen (secondary N) is 1. The van der Waals surface area contributed by atoms with Crippen LogP contribution in [0.2, 0.25) is 0 Å². The van der Waals surface area contributed by atoms with Crippen molar-refractivity contribution in [2.24, 2.45) is 0 Å². The van der Waals surface area contributed by atoms with Crippen molar-refractivity contribution in [3.05, 3.63) is 75.3 Å². The number of allylic oxidation sites excluding steroid dienone is 1. The molecular weight excluding hydrogens is 376 g/mol. The minimum atomic E-state index is -0.729. The van der Waals surface area contributed by atoms with Gasteiger partial charge in [-0.25, -0.2) is 13.8 Å². The second kappa shape index (κ2) is 7.72. The zero-order valence-electron chi connectivity index (χ0n) is 13.4. The third kappa shape index (κ3) is 3.36. The Bertz CT molecular complexity index is 976. The van der Waals surface area contributed by atoms with Gasteiger partial charge in [0.2, 0.25) is 5.78 Å². The smallest absolute Gasteiger partial charge is 0.208 e. The van der Waals surface area contributed by atoms with Crippen molar-refractivity contribution in [1.29, 1.82) is 5.26 Å². The highest BCUT2D eigenvalue weighted by Gasteiger charge is 2.26. The molecule has 26 heavy (non-hydrogen) atoms. The first-order chi connectivity index (χ1) is 12.6. The Morgan fingerprint density at radius 3 is 2.65 bits per heavy atom. The molecule has 1 aromatic heterocycles. The fourth-order valence-corrected chi connectivity index (χ4v) is 3.75. The molecule has 1 aromatic carbocycles. The molecule has 1 aliphatic heterocycles. The fourth-order valence-electron chi connectivity index (χ4n) is 2.36. The van der Waals surface area contributed by atoms with Crippen LogP contribution in [0, 0.1) is 23.0 Å². The zero-order chi connectivity index (χ0) is 18.7. The summed E-state index contributed by atoms with van der Waals surface area (Å²) in [6, 6.07) is 8.64. The highest BCUT2D eigenvalue weighted by atomic mass is 32.2. The Morgan fingerprint density at radius 2 is 2.00 bits per heavy atom. The van der Waals surface area contributed by atoms with Gasteiger partial charge in [0.05, 0.1) is 21.9 Å². The summed E-state index contributed by atoms with van der Waals surface area (Å²) < 4.78 is 27.9. The first-order valence-electron chi connectivity index (χ1n) is 7.33. The summed E-state index contributed by atoms with van der Waals surface area (Å²) >= 11 is 2.33. The predicted molar refractivity (Wildman–Crippen MR) is 98.0 cm³/mol. The lowest BCUT2D eigenvalue weighted by Gasteiger charge is -2.09. The molecule has 8 heteroatoms. The number of nitrogens with zero attached hydrogens (tertiary/aromatic N) is 2. The van der Waals surface area contributed by atoms with Crippen molar-refractivity contribution in [1.82, 2.24) is 10.3 Å². The van der Waals surface area contributed by atoms with Gasteiger partial charge >= 0.3 is 0 Å². The van der Waals surface area contributed by atoms with Gasteiger partial charge in [0.25, 0.3) is 0 Å². The number of pyridine rings is 1. The number of carbonyl (C=O) groups excluding carboxylic acids is 1. The minimum Gasteiger partial charge on any atom is -0.348 e. The molecule has 0 saturated carbocycles. The van der Waals surface area contributed by atoms with Crippen molar-refractivity contribution >= 4 is 35.0 Å². The number of benzene rings is 1. The average Bonchev–Trinajstić information content (AvgIpc) is 3.11. The fraction of sp³-hybridized carbons (Fsp3) is 0.0556. The van der Waals surface area contributed by atoms with E-state index in [-0.39, 0.29) is 21.9 Å². The molecule has 1 N–H and O–H groups in total. The molecule has 0 amide bonds. The standard InChI is InChI=1S/C18H11F2N3OS2/c1-25-17-10(4-3-7-22-17)16(24)11(8-21)18-23-14(9-26-18)15-12(19)5-2-6-13(15)20/h2-7,9,23H,1H3/b18-11+. The molecule has 0 atom stereocenters. The molecule has 0 bridgehead atoms. The van der Waals surface area contributed by atoms with Crippen molar-refractivity contribution in [3.8, 4) is 6.07 Å². The molecular formula is C18H11F2N3OS2. The monoisotopic (exact) mass is 387 g/mol. The van der Waals surface area contributed by atoms with Crippen LogP contribution in [-0.4, -0.2) is 17.0 Å². The first-order valence-corrected chi connectivity index (χ1v) is 9.43. The Labute approximate surface area is 157 Å². The molecule has 0 saturated heterocycles. The van der Waals surface area contributed by atoms with Crippen molar-refractivity contribution in [2.75, 3.05) is 6.26 Å². The average molecular weight is 387 g/mol. The Morgan fingerprint density at radius 1 is 1.27 bits per heavy atom. The van der Waals surface area contributed by atoms with Gasteiger partial charge in [0.1, 0.15) is 28.3 Å². The van der Waals surface area contributed by atoms with Gasteiger partial charge < -0.3 is 5.32 Å². The number of thioether (sulfide) groups is 2. The molecule has 1 aliphatic rings. The molecule has 130 valence electrons. The molecule has 0 unspecified atom stereocenters. The van der Waals surface area contributed by atoms with E-state index >= 15 is 0 Å². The highest BCUT2D eigenvalue weighted by Crippen LogP contribution is 2.35. The van der Waals surface area contributed by atoms with Crippen LogP contribution >= 0.6 is 23.5 Å². The highest BCUT2D eigenvalue weighted by molar-refractivity contribution is 8.06. The van der Waals surface area contributed by atoms with E-state index in [1.165, 1.54) is 23.2 Å². The molecule has 2 heterocycles. The van der Waals surface area contributed by atoms with E-state index in [1.807, 2.05) is 6.07 Å². The Kier molecular flexibility index (Phi) is 5.40. The van der Waals surface area contributed by atoms with Crippen molar-refractivity contribution in [3.63, 3.8) is 0 Å². The zero-order valence-corrected chi connectivity index (χ0v) is 15.0. The summed E-state index contributed by atoms with van der Waals surface area (Å²) in [7, 11) is 0. The van der Waals surface area contributed by atoms with Crippen LogP contribution in [0.25, 0.3) is 5.70 Å². The predicted octanol–water partition coefficient (Wildman–Crippen LogP) is 4.33. The lowest BCUT2D eigenvalue weighted by atomic mass is 10.1. The third-order valence-electron chi connectivity index (χ3n) is 3.55. The maximum absolute atomic E-state index is 13.9. The summed E-state index contributed by atoms with van der Waals surface area (Å²) in [5.41, 5.74) is 0.0987. The van der Waals surface area contributed by atoms with E-state index in [1.54, 1.807) is 24.6 Å². The van der Waals surface area contributed by atoms with Gasteiger partial charge in [0.15, 0.2) is 0 Å². The number of halogens is 2. The van der Waals surface area contributed by atoms with E-state index in [4.69, 9.17) is 0 Å². The van der Waals surface area contributed by atoms with Crippen LogP contribution in [0.3, 0.4) is 0 Å². The number of nitriles is 1. The summed E-state index contributed by atoms with van der Waals surface area (Å²) in [6.45, 7) is 0. The number of ketones is 1. The number of carbonyl (C=O) groups is 1. The van der Waals surface area contributed by atoms with Crippen molar-refractivity contribution in [2.45, 2.75) is 5.03 Å². The first kappa shape index (κ1) is 18.2. The quantitative estimate of drug-likeness (QED) is 0.364. The van der Waals surface area contributed by atoms with Crippen LogP contribution in [0.5, 0.6) is 0 Å². The third-order valence-corrected chi connectivity index (χ3v) is 5.16. The summed E-state index contributed by atoms with van der Waals surface area (Å²) in [5.74, 6) is -1.96. The molecule has 0 radical (unpaired) electrons. The number of aromatic nitrogens is 1. The minimum absolute atomic E-state index is 0.138. The molecule has 0 aliphatic carbocycles. The van der Waals surface area contributed by atoms with Gasteiger partial charge in [-0.05, 0) is 30.5 Å². The SMILES string of the molecule is CSc1ncccc1C(=O)/C(C#N)=C1\NC(c2c(F)cccc2F)=CS1. The summed E-state index contributed by atoms with van der Waals surface area (Å²) in [4.78, 5) is 16.9. The van der Waals surface area contributed by atoms with Gasteiger partial charge in [-0.1, -0.05) is 17.8 Å². The Balaban J connectivity index is 1.96. The molecule has 2 aromatic rings. The van der Waals surface area contributed by atoms with E-state index in [9.17, 15) is 18.8 Å². The second-order valence-corrected chi connectivity index (χ2v) is 6.75. The van der Waals surface area contributed by atoms with Gasteiger partial charge in [-0.2, -0.15) is 5.26 Å². The van der Waals surface area contributed by atoms with Crippen LogP contribution < -0.4 is 5.32 Å². The van der Waals surface area contributed by atoms with Crippen molar-refractivity contribution < 1.29 is 13.6 Å². The second-order valence-electron chi connectivity index (χ2n) is 5.08. The van der Waals surface area contributed by atoms with Gasteiger partial charge in [-0.3, -0.25) is 4.79 Å². The number of hydrogen-bond acceptors (Lipinski definition) is 6. The summed E-state index contributed by atoms with van der Waals surface area (Å²) in [6.07, 6.45) is 3.34. The lowest BCUT2D eigenvalue weighted by molar-refractivity contribution is 0.103. The maximum Gasteiger partial charge on any atom is 0.208 e. The normalized spacial score (nSPS) is 15.1. The van der Waals surface area contributed by atoms with E-state index in [0.717, 1.165) is 23.9 Å². The van der Waals surface area contributed by atoms with E-state index < -0.39 is 17.4 Å². The maximum atomic E-state index is 13.9. The molecule has 3 rings (SSSR count).